The van der Waals surface area contributed by atoms with Crippen molar-refractivity contribution in [3.05, 3.63) is 53.6 Å². The van der Waals surface area contributed by atoms with Crippen LogP contribution in [-0.2, 0) is 19.6 Å². The SMILES string of the molecule is CC(C)NC(=O)CN(c1cccc(Cl)c1)S(=O)(=O)c1cccc(NC(=O)CN(C)C(=O)O)c1. The molecule has 3 N–H and O–H groups in total. The van der Waals surface area contributed by atoms with Gasteiger partial charge in [-0.1, -0.05) is 23.7 Å². The quantitative estimate of drug-likeness (QED) is 0.488. The van der Waals surface area contributed by atoms with E-state index in [1.54, 1.807) is 26.0 Å². The summed E-state index contributed by atoms with van der Waals surface area (Å²) in [6.45, 7) is 2.59. The van der Waals surface area contributed by atoms with Crippen molar-refractivity contribution in [1.82, 2.24) is 10.2 Å². The summed E-state index contributed by atoms with van der Waals surface area (Å²) in [4.78, 5) is 36.0. The Morgan fingerprint density at radius 2 is 1.70 bits per heavy atom. The van der Waals surface area contributed by atoms with E-state index in [0.717, 1.165) is 9.21 Å². The number of rotatable bonds is 9. The first-order valence-electron chi connectivity index (χ1n) is 9.82. The zero-order valence-corrected chi connectivity index (χ0v) is 19.9. The summed E-state index contributed by atoms with van der Waals surface area (Å²) in [6, 6.07) is 11.3. The van der Waals surface area contributed by atoms with Gasteiger partial charge in [0.15, 0.2) is 0 Å². The highest BCUT2D eigenvalue weighted by atomic mass is 35.5. The maximum Gasteiger partial charge on any atom is 0.407 e. The number of nitrogens with zero attached hydrogens (tertiary/aromatic N) is 2. The lowest BCUT2D eigenvalue weighted by Crippen LogP contribution is -2.43. The van der Waals surface area contributed by atoms with Gasteiger partial charge in [0.2, 0.25) is 11.8 Å². The summed E-state index contributed by atoms with van der Waals surface area (Å²) in [5.41, 5.74) is 0.344. The molecule has 0 atom stereocenters. The minimum Gasteiger partial charge on any atom is -0.465 e. The Kier molecular flexibility index (Phi) is 8.66. The fourth-order valence-corrected chi connectivity index (χ4v) is 4.43. The van der Waals surface area contributed by atoms with E-state index in [0.29, 0.717) is 5.02 Å². The molecule has 33 heavy (non-hydrogen) atoms. The molecule has 0 unspecified atom stereocenters. The molecule has 0 heterocycles. The maximum atomic E-state index is 13.5. The van der Waals surface area contributed by atoms with E-state index in [1.807, 2.05) is 0 Å². The molecule has 0 aliphatic rings. The van der Waals surface area contributed by atoms with Gasteiger partial charge in [-0.05, 0) is 50.2 Å². The molecule has 2 aromatic rings. The number of amides is 3. The first kappa shape index (κ1) is 25.9. The van der Waals surface area contributed by atoms with E-state index in [1.165, 1.54) is 43.4 Å². The summed E-state index contributed by atoms with van der Waals surface area (Å²) in [7, 11) is -3.01. The second-order valence-electron chi connectivity index (χ2n) is 7.43. The number of nitrogens with one attached hydrogen (secondary N) is 2. The minimum absolute atomic E-state index is 0.150. The van der Waals surface area contributed by atoms with E-state index in [4.69, 9.17) is 16.7 Å². The lowest BCUT2D eigenvalue weighted by molar-refractivity contribution is -0.120. The van der Waals surface area contributed by atoms with E-state index in [-0.39, 0.29) is 22.3 Å². The third-order valence-corrected chi connectivity index (χ3v) is 6.25. The Morgan fingerprint density at radius 1 is 1.03 bits per heavy atom. The van der Waals surface area contributed by atoms with Crippen molar-refractivity contribution < 1.29 is 27.9 Å². The van der Waals surface area contributed by atoms with Crippen LogP contribution in [0.5, 0.6) is 0 Å². The fraction of sp³-hybridized carbons (Fsp3) is 0.286. The second kappa shape index (κ2) is 11.0. The van der Waals surface area contributed by atoms with Crippen molar-refractivity contribution >= 4 is 50.9 Å². The second-order valence-corrected chi connectivity index (χ2v) is 9.73. The molecule has 0 bridgehead atoms. The molecule has 12 heteroatoms. The maximum absolute atomic E-state index is 13.5. The monoisotopic (exact) mass is 496 g/mol. The van der Waals surface area contributed by atoms with Crippen LogP contribution in [0.2, 0.25) is 5.02 Å². The van der Waals surface area contributed by atoms with Gasteiger partial charge < -0.3 is 20.6 Å². The van der Waals surface area contributed by atoms with Crippen molar-refractivity contribution in [3.63, 3.8) is 0 Å². The lowest BCUT2D eigenvalue weighted by Gasteiger charge is -2.25. The molecule has 2 aromatic carbocycles. The molecule has 0 aromatic heterocycles. The van der Waals surface area contributed by atoms with Crippen LogP contribution in [0.4, 0.5) is 16.2 Å². The van der Waals surface area contributed by atoms with E-state index in [2.05, 4.69) is 10.6 Å². The van der Waals surface area contributed by atoms with Gasteiger partial charge in [-0.25, -0.2) is 13.2 Å². The summed E-state index contributed by atoms with van der Waals surface area (Å²) < 4.78 is 27.9. The van der Waals surface area contributed by atoms with Crippen molar-refractivity contribution in [1.29, 1.82) is 0 Å². The molecule has 0 fully saturated rings. The summed E-state index contributed by atoms with van der Waals surface area (Å²) in [5, 5.41) is 14.3. The van der Waals surface area contributed by atoms with E-state index >= 15 is 0 Å². The molecular weight excluding hydrogens is 472 g/mol. The van der Waals surface area contributed by atoms with Gasteiger partial charge in [0.05, 0.1) is 10.6 Å². The number of hydrogen-bond acceptors (Lipinski definition) is 5. The molecule has 0 saturated heterocycles. The zero-order valence-electron chi connectivity index (χ0n) is 18.3. The van der Waals surface area contributed by atoms with Crippen molar-refractivity contribution in [3.8, 4) is 0 Å². The molecule has 3 amide bonds. The third kappa shape index (κ3) is 7.36. The number of sulfonamides is 1. The third-order valence-electron chi connectivity index (χ3n) is 4.25. The zero-order chi connectivity index (χ0) is 24.8. The highest BCUT2D eigenvalue weighted by molar-refractivity contribution is 7.92. The Morgan fingerprint density at radius 3 is 2.30 bits per heavy atom. The number of hydrogen-bond donors (Lipinski definition) is 3. The van der Waals surface area contributed by atoms with E-state index < -0.39 is 41.0 Å². The van der Waals surface area contributed by atoms with Crippen LogP contribution in [0, 0.1) is 0 Å². The number of halogens is 1. The number of likely N-dealkylation sites (N-methyl/N-ethyl adjacent to an activating group) is 1. The van der Waals surface area contributed by atoms with Crippen LogP contribution in [0.25, 0.3) is 0 Å². The van der Waals surface area contributed by atoms with Gasteiger partial charge >= 0.3 is 6.09 Å². The highest BCUT2D eigenvalue weighted by Crippen LogP contribution is 2.27. The average Bonchev–Trinajstić information content (AvgIpc) is 2.71. The standard InChI is InChI=1S/C21H25ClN4O6S/c1-14(2)23-20(28)13-26(17-8-4-6-15(22)10-17)33(31,32)18-9-5-7-16(11-18)24-19(27)12-25(3)21(29)30/h4-11,14H,12-13H2,1-3H3,(H,23,28)(H,24,27)(H,29,30). The van der Waals surface area contributed by atoms with Crippen LogP contribution in [0.15, 0.2) is 53.4 Å². The number of carboxylic acid groups (broad SMARTS) is 1. The molecule has 0 radical (unpaired) electrons. The fourth-order valence-electron chi connectivity index (χ4n) is 2.79. The van der Waals surface area contributed by atoms with Crippen molar-refractivity contribution in [2.45, 2.75) is 24.8 Å². The van der Waals surface area contributed by atoms with Gasteiger partial charge in [0, 0.05) is 23.8 Å². The molecule has 0 aliphatic heterocycles. The highest BCUT2D eigenvalue weighted by Gasteiger charge is 2.28. The average molecular weight is 497 g/mol. The summed E-state index contributed by atoms with van der Waals surface area (Å²) in [6.07, 6.45) is -1.28. The Bertz CT molecular complexity index is 1140. The Labute approximate surface area is 197 Å². The summed E-state index contributed by atoms with van der Waals surface area (Å²) in [5.74, 6) is -1.15. The van der Waals surface area contributed by atoms with Crippen molar-refractivity contribution in [2.75, 3.05) is 29.8 Å². The molecule has 0 saturated carbocycles. The Hall–Kier alpha value is -3.31. The molecular formula is C21H25ClN4O6S. The van der Waals surface area contributed by atoms with Crippen LogP contribution < -0.4 is 14.9 Å². The summed E-state index contributed by atoms with van der Waals surface area (Å²) >= 11 is 6.04. The number of anilines is 2. The predicted molar refractivity (Wildman–Crippen MR) is 125 cm³/mol. The Balaban J connectivity index is 2.38. The van der Waals surface area contributed by atoms with E-state index in [9.17, 15) is 22.8 Å². The largest absolute Gasteiger partial charge is 0.465 e. The molecule has 2 rings (SSSR count). The lowest BCUT2D eigenvalue weighted by atomic mass is 10.3. The van der Waals surface area contributed by atoms with Gasteiger partial charge in [-0.3, -0.25) is 13.9 Å². The normalized spacial score (nSPS) is 11.1. The van der Waals surface area contributed by atoms with Gasteiger partial charge in [0.25, 0.3) is 10.0 Å². The van der Waals surface area contributed by atoms with Crippen LogP contribution in [0.3, 0.4) is 0 Å². The first-order valence-corrected chi connectivity index (χ1v) is 11.6. The smallest absolute Gasteiger partial charge is 0.407 e. The van der Waals surface area contributed by atoms with Crippen LogP contribution in [-0.4, -0.2) is 62.5 Å². The van der Waals surface area contributed by atoms with Crippen LogP contribution >= 0.6 is 11.6 Å². The van der Waals surface area contributed by atoms with Crippen LogP contribution in [0.1, 0.15) is 13.8 Å². The molecule has 0 spiro atoms. The number of carbonyl (C=O) groups excluding carboxylic acids is 2. The van der Waals surface area contributed by atoms with Crippen molar-refractivity contribution in [2.24, 2.45) is 0 Å². The van der Waals surface area contributed by atoms with Gasteiger partial charge in [0.1, 0.15) is 13.1 Å². The first-order chi connectivity index (χ1) is 15.4. The van der Waals surface area contributed by atoms with Gasteiger partial charge in [-0.2, -0.15) is 0 Å². The minimum atomic E-state index is -4.24. The molecule has 0 aliphatic carbocycles. The number of benzene rings is 2. The molecule has 178 valence electrons. The molecule has 10 nitrogen and oxygen atoms in total. The van der Waals surface area contributed by atoms with Gasteiger partial charge in [-0.15, -0.1) is 0 Å². The predicted octanol–water partition coefficient (Wildman–Crippen LogP) is 2.61. The number of carbonyl (C=O) groups is 3. The topological polar surface area (TPSA) is 136 Å².